The van der Waals surface area contributed by atoms with Crippen LogP contribution in [0.25, 0.3) is 0 Å². The summed E-state index contributed by atoms with van der Waals surface area (Å²) in [5.74, 6) is -0.304. The second-order valence-electron chi connectivity index (χ2n) is 3.84. The number of aromatic nitrogens is 2. The summed E-state index contributed by atoms with van der Waals surface area (Å²) in [5, 5.41) is 3.45. The number of nitrogens with zero attached hydrogens (tertiary/aromatic N) is 2. The predicted molar refractivity (Wildman–Crippen MR) is 73.7 cm³/mol. The van der Waals surface area contributed by atoms with Gasteiger partial charge in [-0.1, -0.05) is 17.8 Å². The van der Waals surface area contributed by atoms with E-state index in [-0.39, 0.29) is 17.5 Å². The van der Waals surface area contributed by atoms with Crippen molar-refractivity contribution in [1.82, 2.24) is 9.55 Å². The third kappa shape index (κ3) is 3.82. The molecule has 2 aromatic rings. The number of hydrogen-bond acceptors (Lipinski definition) is 3. The molecule has 100 valence electrons. The normalized spacial score (nSPS) is 10.4. The van der Waals surface area contributed by atoms with Crippen molar-refractivity contribution in [2.75, 3.05) is 11.1 Å². The van der Waals surface area contributed by atoms with Crippen molar-refractivity contribution in [3.05, 3.63) is 42.5 Å². The molecule has 0 bridgehead atoms. The topological polar surface area (TPSA) is 46.9 Å². The smallest absolute Gasteiger partial charge is 0.234 e. The molecule has 0 atom stereocenters. The van der Waals surface area contributed by atoms with Crippen molar-refractivity contribution < 1.29 is 9.18 Å². The molecule has 0 aliphatic rings. The lowest BCUT2D eigenvalue weighted by Gasteiger charge is -2.06. The maximum Gasteiger partial charge on any atom is 0.234 e. The van der Waals surface area contributed by atoms with Gasteiger partial charge in [-0.25, -0.2) is 9.37 Å². The van der Waals surface area contributed by atoms with Gasteiger partial charge in [-0.3, -0.25) is 4.79 Å². The summed E-state index contributed by atoms with van der Waals surface area (Å²) in [6.07, 6.45) is 3.57. The molecular formula is C13H14FN3OS. The monoisotopic (exact) mass is 279 g/mol. The van der Waals surface area contributed by atoms with Gasteiger partial charge in [0.05, 0.1) is 5.75 Å². The Labute approximate surface area is 115 Å². The summed E-state index contributed by atoms with van der Waals surface area (Å²) in [6.45, 7) is 2.83. The molecule has 1 heterocycles. The summed E-state index contributed by atoms with van der Waals surface area (Å²) in [6, 6.07) is 5.83. The Hall–Kier alpha value is -1.82. The lowest BCUT2D eigenvalue weighted by molar-refractivity contribution is -0.113. The number of halogens is 1. The van der Waals surface area contributed by atoms with Crippen LogP contribution in [0.4, 0.5) is 10.1 Å². The van der Waals surface area contributed by atoms with Crippen LogP contribution in [0.3, 0.4) is 0 Å². The molecule has 2 rings (SSSR count). The summed E-state index contributed by atoms with van der Waals surface area (Å²) in [5.41, 5.74) is 0.462. The van der Waals surface area contributed by atoms with Crippen LogP contribution in [-0.2, 0) is 11.3 Å². The molecule has 1 aromatic heterocycles. The molecule has 0 saturated heterocycles. The van der Waals surface area contributed by atoms with Crippen LogP contribution in [-0.4, -0.2) is 21.2 Å². The Morgan fingerprint density at radius 2 is 2.37 bits per heavy atom. The molecule has 0 radical (unpaired) electrons. The number of anilines is 1. The minimum Gasteiger partial charge on any atom is -0.326 e. The molecule has 0 unspecified atom stereocenters. The highest BCUT2D eigenvalue weighted by Gasteiger charge is 2.07. The summed E-state index contributed by atoms with van der Waals surface area (Å²) in [4.78, 5) is 15.9. The zero-order valence-corrected chi connectivity index (χ0v) is 11.3. The molecule has 0 spiro atoms. The molecule has 1 aromatic carbocycles. The average molecular weight is 279 g/mol. The third-order valence-corrected chi connectivity index (χ3v) is 3.46. The van der Waals surface area contributed by atoms with Gasteiger partial charge in [0.1, 0.15) is 5.82 Å². The van der Waals surface area contributed by atoms with E-state index in [1.54, 1.807) is 18.3 Å². The van der Waals surface area contributed by atoms with Gasteiger partial charge in [-0.15, -0.1) is 0 Å². The van der Waals surface area contributed by atoms with E-state index < -0.39 is 0 Å². The zero-order valence-electron chi connectivity index (χ0n) is 10.5. The maximum absolute atomic E-state index is 13.0. The number of benzene rings is 1. The number of hydrogen-bond donors (Lipinski definition) is 1. The fraction of sp³-hybridized carbons (Fsp3) is 0.231. The van der Waals surface area contributed by atoms with Crippen molar-refractivity contribution in [3.8, 4) is 0 Å². The number of amides is 1. The first-order valence-corrected chi connectivity index (χ1v) is 6.87. The van der Waals surface area contributed by atoms with Gasteiger partial charge in [0.2, 0.25) is 5.91 Å². The van der Waals surface area contributed by atoms with Crippen LogP contribution in [0.15, 0.2) is 41.8 Å². The minimum atomic E-state index is -0.369. The maximum atomic E-state index is 13.0. The molecule has 6 heteroatoms. The number of rotatable bonds is 5. The quantitative estimate of drug-likeness (QED) is 0.856. The first-order valence-electron chi connectivity index (χ1n) is 5.88. The fourth-order valence-corrected chi connectivity index (χ4v) is 2.39. The van der Waals surface area contributed by atoms with E-state index in [0.717, 1.165) is 11.7 Å². The van der Waals surface area contributed by atoms with Gasteiger partial charge < -0.3 is 9.88 Å². The van der Waals surface area contributed by atoms with E-state index >= 15 is 0 Å². The molecule has 0 saturated carbocycles. The zero-order chi connectivity index (χ0) is 13.7. The molecule has 0 fully saturated rings. The number of carbonyl (C=O) groups excluding carboxylic acids is 1. The van der Waals surface area contributed by atoms with E-state index in [0.29, 0.717) is 5.69 Å². The minimum absolute atomic E-state index is 0.179. The van der Waals surface area contributed by atoms with E-state index in [4.69, 9.17) is 0 Å². The highest BCUT2D eigenvalue weighted by Crippen LogP contribution is 2.16. The molecule has 1 amide bonds. The lowest BCUT2D eigenvalue weighted by atomic mass is 10.3. The van der Waals surface area contributed by atoms with Gasteiger partial charge in [0, 0.05) is 24.6 Å². The van der Waals surface area contributed by atoms with Crippen LogP contribution in [0.5, 0.6) is 0 Å². The lowest BCUT2D eigenvalue weighted by Crippen LogP contribution is -2.14. The van der Waals surface area contributed by atoms with Crippen molar-refractivity contribution in [2.24, 2.45) is 0 Å². The van der Waals surface area contributed by atoms with Crippen LogP contribution >= 0.6 is 11.8 Å². The number of aryl methyl sites for hydroxylation is 1. The second kappa shape index (κ2) is 6.38. The number of thioether (sulfide) groups is 1. The Morgan fingerprint density at radius 1 is 1.53 bits per heavy atom. The highest BCUT2D eigenvalue weighted by molar-refractivity contribution is 7.99. The second-order valence-corrected chi connectivity index (χ2v) is 4.79. The third-order valence-electron chi connectivity index (χ3n) is 2.46. The summed E-state index contributed by atoms with van der Waals surface area (Å²) >= 11 is 1.36. The van der Waals surface area contributed by atoms with Crippen molar-refractivity contribution in [2.45, 2.75) is 18.6 Å². The van der Waals surface area contributed by atoms with E-state index in [2.05, 4.69) is 10.3 Å². The SMILES string of the molecule is CCn1ccnc1SCC(=O)Nc1cccc(F)c1. The number of nitrogens with one attached hydrogen (secondary N) is 1. The van der Waals surface area contributed by atoms with Crippen molar-refractivity contribution >= 4 is 23.4 Å². The first-order chi connectivity index (χ1) is 9.19. The van der Waals surface area contributed by atoms with Gasteiger partial charge >= 0.3 is 0 Å². The summed E-state index contributed by atoms with van der Waals surface area (Å²) < 4.78 is 14.9. The van der Waals surface area contributed by atoms with Crippen LogP contribution in [0, 0.1) is 5.82 Å². The predicted octanol–water partition coefficient (Wildman–Crippen LogP) is 2.77. The van der Waals surface area contributed by atoms with Crippen LogP contribution in [0.2, 0.25) is 0 Å². The van der Waals surface area contributed by atoms with Gasteiger partial charge in [-0.2, -0.15) is 0 Å². The Kier molecular flexibility index (Phi) is 4.57. The first kappa shape index (κ1) is 13.6. The van der Waals surface area contributed by atoms with E-state index in [1.165, 1.54) is 23.9 Å². The molecule has 19 heavy (non-hydrogen) atoms. The van der Waals surface area contributed by atoms with Gasteiger partial charge in [0.25, 0.3) is 0 Å². The largest absolute Gasteiger partial charge is 0.326 e. The van der Waals surface area contributed by atoms with Crippen molar-refractivity contribution in [1.29, 1.82) is 0 Å². The average Bonchev–Trinajstić information content (AvgIpc) is 2.83. The van der Waals surface area contributed by atoms with Crippen LogP contribution in [0.1, 0.15) is 6.92 Å². The van der Waals surface area contributed by atoms with Crippen molar-refractivity contribution in [3.63, 3.8) is 0 Å². The summed E-state index contributed by atoms with van der Waals surface area (Å²) in [7, 11) is 0. The van der Waals surface area contributed by atoms with Gasteiger partial charge in [-0.05, 0) is 25.1 Å². The Balaban J connectivity index is 1.88. The number of carbonyl (C=O) groups is 1. The molecule has 0 aliphatic carbocycles. The Bertz CT molecular complexity index is 571. The van der Waals surface area contributed by atoms with E-state index in [9.17, 15) is 9.18 Å². The standard InChI is InChI=1S/C13H14FN3OS/c1-2-17-7-6-15-13(17)19-9-12(18)16-11-5-3-4-10(14)8-11/h3-8H,2,9H2,1H3,(H,16,18). The molecular weight excluding hydrogens is 265 g/mol. The highest BCUT2D eigenvalue weighted by atomic mass is 32.2. The fourth-order valence-electron chi connectivity index (χ4n) is 1.57. The van der Waals surface area contributed by atoms with E-state index in [1.807, 2.05) is 17.7 Å². The van der Waals surface area contributed by atoms with Crippen LogP contribution < -0.4 is 5.32 Å². The molecule has 0 aliphatic heterocycles. The number of imidazole rings is 1. The molecule has 1 N–H and O–H groups in total. The Morgan fingerprint density at radius 3 is 3.11 bits per heavy atom. The molecule has 4 nitrogen and oxygen atoms in total. The van der Waals surface area contributed by atoms with Gasteiger partial charge in [0.15, 0.2) is 5.16 Å².